The number of rotatable bonds is 8. The van der Waals surface area contributed by atoms with Crippen LogP contribution in [0.5, 0.6) is 0 Å². The molecule has 0 bridgehead atoms. The highest BCUT2D eigenvalue weighted by molar-refractivity contribution is 6.05. The zero-order valence-electron chi connectivity index (χ0n) is 17.3. The number of carbonyl (C=O) groups excluding carboxylic acids is 1. The highest BCUT2D eigenvalue weighted by Crippen LogP contribution is 2.21. The summed E-state index contributed by atoms with van der Waals surface area (Å²) in [5.74, 6) is -0.320. The van der Waals surface area contributed by atoms with E-state index in [1.165, 1.54) is 12.8 Å². The Balaban J connectivity index is 2.38. The first-order valence-corrected chi connectivity index (χ1v) is 10.0. The fourth-order valence-corrected chi connectivity index (χ4v) is 3.59. The van der Waals surface area contributed by atoms with Crippen LogP contribution < -0.4 is 10.7 Å². The molecule has 2 rings (SSSR count). The number of aryl methyl sites for hydroxylation is 3. The largest absolute Gasteiger partial charge is 0.348 e. The molecule has 27 heavy (non-hydrogen) atoms. The molecule has 0 aliphatic rings. The van der Waals surface area contributed by atoms with Crippen LogP contribution in [0.3, 0.4) is 0 Å². The molecule has 4 nitrogen and oxygen atoms in total. The number of nitrogens with zero attached hydrogens (tertiary/aromatic N) is 1. The smallest absolute Gasteiger partial charge is 0.261 e. The Morgan fingerprint density at radius 1 is 1.04 bits per heavy atom. The number of aromatic nitrogens is 1. The van der Waals surface area contributed by atoms with Gasteiger partial charge in [-0.2, -0.15) is 0 Å². The summed E-state index contributed by atoms with van der Waals surface area (Å²) < 4.78 is 2.15. The summed E-state index contributed by atoms with van der Waals surface area (Å²) in [6, 6.07) is 7.51. The normalized spacial score (nSPS) is 10.9. The first-order chi connectivity index (χ1) is 12.9. The van der Waals surface area contributed by atoms with Gasteiger partial charge in [0.05, 0.1) is 0 Å². The number of nitrogens with one attached hydrogen (secondary N) is 1. The number of unbranched alkanes of at least 4 members (excludes halogenated alkanes) is 3. The van der Waals surface area contributed by atoms with Crippen LogP contribution >= 0.6 is 0 Å². The van der Waals surface area contributed by atoms with Crippen LogP contribution in [0.25, 0.3) is 0 Å². The second-order valence-electron chi connectivity index (χ2n) is 7.25. The maximum Gasteiger partial charge on any atom is 0.261 e. The summed E-state index contributed by atoms with van der Waals surface area (Å²) in [4.78, 5) is 25.6. The number of benzene rings is 1. The lowest BCUT2D eigenvalue weighted by atomic mass is 10.1. The number of para-hydroxylation sites is 1. The number of pyridine rings is 1. The Morgan fingerprint density at radius 3 is 2.30 bits per heavy atom. The Bertz CT molecular complexity index is 845. The van der Waals surface area contributed by atoms with Crippen LogP contribution in [0.15, 0.2) is 29.1 Å². The van der Waals surface area contributed by atoms with E-state index in [4.69, 9.17) is 0 Å². The number of amides is 1. The number of hydrogen-bond donors (Lipinski definition) is 1. The lowest BCUT2D eigenvalue weighted by molar-refractivity contribution is 0.102. The van der Waals surface area contributed by atoms with Gasteiger partial charge in [-0.1, -0.05) is 51.3 Å². The maximum absolute atomic E-state index is 13.0. The summed E-state index contributed by atoms with van der Waals surface area (Å²) in [7, 11) is 0. The maximum atomic E-state index is 13.0. The molecule has 0 aliphatic heterocycles. The zero-order chi connectivity index (χ0) is 20.0. The highest BCUT2D eigenvalue weighted by Gasteiger charge is 2.19. The van der Waals surface area contributed by atoms with E-state index in [0.717, 1.165) is 54.0 Å². The van der Waals surface area contributed by atoms with Gasteiger partial charge in [-0.05, 0) is 44.7 Å². The van der Waals surface area contributed by atoms with Crippen molar-refractivity contribution >= 4 is 11.6 Å². The molecule has 0 saturated carbocycles. The molecule has 1 N–H and O–H groups in total. The molecule has 0 radical (unpaired) electrons. The third-order valence-corrected chi connectivity index (χ3v) is 5.20. The van der Waals surface area contributed by atoms with Crippen molar-refractivity contribution in [3.63, 3.8) is 0 Å². The number of anilines is 1. The highest BCUT2D eigenvalue weighted by atomic mass is 16.2. The molecular weight excluding hydrogens is 336 g/mol. The molecule has 0 atom stereocenters. The Morgan fingerprint density at radius 2 is 1.70 bits per heavy atom. The molecular formula is C23H32N2O2. The average molecular weight is 369 g/mol. The van der Waals surface area contributed by atoms with Gasteiger partial charge >= 0.3 is 0 Å². The van der Waals surface area contributed by atoms with Crippen molar-refractivity contribution < 1.29 is 4.79 Å². The van der Waals surface area contributed by atoms with E-state index in [0.29, 0.717) is 0 Å². The van der Waals surface area contributed by atoms with Gasteiger partial charge in [0.2, 0.25) is 0 Å². The molecule has 0 saturated heterocycles. The average Bonchev–Trinajstić information content (AvgIpc) is 2.63. The molecule has 1 aromatic carbocycles. The molecule has 0 fully saturated rings. The van der Waals surface area contributed by atoms with Gasteiger partial charge in [0.15, 0.2) is 5.43 Å². The lowest BCUT2D eigenvalue weighted by Gasteiger charge is -2.19. The number of hydrogen-bond acceptors (Lipinski definition) is 2. The molecule has 1 amide bonds. The molecule has 4 heteroatoms. The lowest BCUT2D eigenvalue weighted by Crippen LogP contribution is -2.28. The van der Waals surface area contributed by atoms with Gasteiger partial charge in [0.25, 0.3) is 5.91 Å². The summed E-state index contributed by atoms with van der Waals surface area (Å²) in [6.45, 7) is 10.9. The minimum Gasteiger partial charge on any atom is -0.348 e. The quantitative estimate of drug-likeness (QED) is 0.654. The van der Waals surface area contributed by atoms with E-state index in [2.05, 4.69) is 16.8 Å². The van der Waals surface area contributed by atoms with Crippen LogP contribution in [0.4, 0.5) is 5.69 Å². The Kier molecular flexibility index (Phi) is 7.40. The molecule has 0 spiro atoms. The summed E-state index contributed by atoms with van der Waals surface area (Å²) >= 11 is 0. The van der Waals surface area contributed by atoms with Crippen molar-refractivity contribution in [2.75, 3.05) is 5.32 Å². The van der Waals surface area contributed by atoms with Gasteiger partial charge in [-0.15, -0.1) is 0 Å². The summed E-state index contributed by atoms with van der Waals surface area (Å²) in [5.41, 5.74) is 4.59. The van der Waals surface area contributed by atoms with Crippen molar-refractivity contribution in [1.29, 1.82) is 0 Å². The Labute approximate surface area is 162 Å². The topological polar surface area (TPSA) is 51.1 Å². The van der Waals surface area contributed by atoms with E-state index < -0.39 is 0 Å². The van der Waals surface area contributed by atoms with E-state index in [-0.39, 0.29) is 16.9 Å². The first kappa shape index (κ1) is 20.9. The van der Waals surface area contributed by atoms with Crippen molar-refractivity contribution in [1.82, 2.24) is 4.57 Å². The zero-order valence-corrected chi connectivity index (χ0v) is 17.3. The van der Waals surface area contributed by atoms with Gasteiger partial charge < -0.3 is 9.88 Å². The van der Waals surface area contributed by atoms with E-state index in [9.17, 15) is 9.59 Å². The SMILES string of the molecule is CCCCCCn1c(CC)cc(=O)c(C(=O)Nc2c(C)cccc2C)c1C. The van der Waals surface area contributed by atoms with Gasteiger partial charge in [-0.3, -0.25) is 9.59 Å². The fourth-order valence-electron chi connectivity index (χ4n) is 3.59. The predicted octanol–water partition coefficient (Wildman–Crippen LogP) is 5.17. The first-order valence-electron chi connectivity index (χ1n) is 10.0. The van der Waals surface area contributed by atoms with Crippen LogP contribution in [0.1, 0.15) is 72.4 Å². The van der Waals surface area contributed by atoms with E-state index >= 15 is 0 Å². The third-order valence-electron chi connectivity index (χ3n) is 5.20. The fraction of sp³-hybridized carbons (Fsp3) is 0.478. The summed E-state index contributed by atoms with van der Waals surface area (Å²) in [5, 5.41) is 2.97. The van der Waals surface area contributed by atoms with Crippen LogP contribution in [0.2, 0.25) is 0 Å². The van der Waals surface area contributed by atoms with Crippen molar-refractivity contribution in [2.45, 2.75) is 73.3 Å². The minimum absolute atomic E-state index is 0.196. The Hall–Kier alpha value is -2.36. The van der Waals surface area contributed by atoms with Crippen LogP contribution in [-0.2, 0) is 13.0 Å². The van der Waals surface area contributed by atoms with Crippen molar-refractivity contribution in [2.24, 2.45) is 0 Å². The second-order valence-corrected chi connectivity index (χ2v) is 7.25. The van der Waals surface area contributed by atoms with Crippen molar-refractivity contribution in [3.8, 4) is 0 Å². The molecule has 1 aromatic heterocycles. The molecule has 1 heterocycles. The van der Waals surface area contributed by atoms with Crippen LogP contribution in [0, 0.1) is 20.8 Å². The van der Waals surface area contributed by atoms with Gasteiger partial charge in [-0.25, -0.2) is 0 Å². The summed E-state index contributed by atoms with van der Waals surface area (Å²) in [6.07, 6.45) is 5.40. The molecule has 2 aromatic rings. The molecule has 146 valence electrons. The van der Waals surface area contributed by atoms with E-state index in [1.54, 1.807) is 6.07 Å². The monoisotopic (exact) mass is 368 g/mol. The standard InChI is InChI=1S/C23H32N2O2/c1-6-8-9-10-14-25-18(5)21(20(26)15-19(25)7-2)23(27)24-22-16(3)12-11-13-17(22)4/h11-13,15H,6-10,14H2,1-5H3,(H,24,27). The predicted molar refractivity (Wildman–Crippen MR) is 113 cm³/mol. The molecule has 0 aliphatic carbocycles. The van der Waals surface area contributed by atoms with Gasteiger partial charge in [0.1, 0.15) is 5.56 Å². The molecule has 0 unspecified atom stereocenters. The van der Waals surface area contributed by atoms with Gasteiger partial charge in [0, 0.05) is 29.7 Å². The third kappa shape index (κ3) is 4.88. The van der Waals surface area contributed by atoms with Crippen molar-refractivity contribution in [3.05, 3.63) is 62.6 Å². The van der Waals surface area contributed by atoms with Crippen LogP contribution in [-0.4, -0.2) is 10.5 Å². The van der Waals surface area contributed by atoms with E-state index in [1.807, 2.05) is 45.9 Å². The number of carbonyl (C=O) groups is 1. The minimum atomic E-state index is -0.320. The second kappa shape index (κ2) is 9.54.